The Kier molecular flexibility index (Phi) is 7.48. The first kappa shape index (κ1) is 22.8. The van der Waals surface area contributed by atoms with Crippen molar-refractivity contribution in [2.24, 2.45) is 0 Å². The number of carbonyl (C=O) groups is 1. The molecular weight excluding hydrogens is 425 g/mol. The molecule has 0 unspecified atom stereocenters. The lowest BCUT2D eigenvalue weighted by atomic mass is 10.1. The van der Waals surface area contributed by atoms with Gasteiger partial charge in [0.1, 0.15) is 6.17 Å². The molecular formula is C26H31ClFN3O. The van der Waals surface area contributed by atoms with Gasteiger partial charge in [0.05, 0.1) is 10.7 Å². The van der Waals surface area contributed by atoms with Crippen molar-refractivity contribution in [2.45, 2.75) is 32.4 Å². The van der Waals surface area contributed by atoms with Crippen molar-refractivity contribution in [3.63, 3.8) is 0 Å². The average Bonchev–Trinajstić information content (AvgIpc) is 3.24. The molecule has 0 saturated carbocycles. The summed E-state index contributed by atoms with van der Waals surface area (Å²) in [6.45, 7) is 6.16. The van der Waals surface area contributed by atoms with Crippen LogP contribution in [0.2, 0.25) is 5.02 Å². The van der Waals surface area contributed by atoms with Gasteiger partial charge in [0.2, 0.25) is 5.91 Å². The monoisotopic (exact) mass is 455 g/mol. The fourth-order valence-corrected chi connectivity index (χ4v) is 4.89. The number of halogens is 2. The summed E-state index contributed by atoms with van der Waals surface area (Å²) in [4.78, 5) is 16.9. The third kappa shape index (κ3) is 5.33. The summed E-state index contributed by atoms with van der Waals surface area (Å²) in [5, 5.41) is 3.72. The Morgan fingerprint density at radius 2 is 1.91 bits per heavy atom. The Labute approximate surface area is 195 Å². The molecule has 0 radical (unpaired) electrons. The van der Waals surface area contributed by atoms with Crippen LogP contribution >= 0.6 is 11.6 Å². The van der Waals surface area contributed by atoms with Crippen molar-refractivity contribution in [2.75, 3.05) is 44.2 Å². The predicted molar refractivity (Wildman–Crippen MR) is 130 cm³/mol. The number of fused-ring (bicyclic) bond motifs is 1. The highest BCUT2D eigenvalue weighted by Crippen LogP contribution is 2.30. The van der Waals surface area contributed by atoms with Crippen molar-refractivity contribution >= 4 is 29.3 Å². The molecule has 2 aliphatic rings. The van der Waals surface area contributed by atoms with E-state index in [4.69, 9.17) is 11.6 Å². The highest BCUT2D eigenvalue weighted by atomic mass is 35.5. The Balaban J connectivity index is 1.18. The van der Waals surface area contributed by atoms with Crippen LogP contribution in [0.3, 0.4) is 0 Å². The van der Waals surface area contributed by atoms with Crippen molar-refractivity contribution in [3.8, 4) is 0 Å². The number of hydrogen-bond donors (Lipinski definition) is 1. The van der Waals surface area contributed by atoms with Gasteiger partial charge in [0.15, 0.2) is 0 Å². The molecule has 6 heteroatoms. The normalized spacial score (nSPS) is 17.1. The van der Waals surface area contributed by atoms with Crippen molar-refractivity contribution in [1.82, 2.24) is 10.2 Å². The van der Waals surface area contributed by atoms with E-state index in [1.165, 1.54) is 5.56 Å². The third-order valence-corrected chi connectivity index (χ3v) is 6.85. The number of alkyl halides is 1. The molecule has 4 rings (SSSR count). The summed E-state index contributed by atoms with van der Waals surface area (Å²) in [5.41, 5.74) is 5.26. The van der Waals surface area contributed by atoms with Gasteiger partial charge in [-0.2, -0.15) is 0 Å². The average molecular weight is 456 g/mol. The Morgan fingerprint density at radius 3 is 2.66 bits per heavy atom. The Morgan fingerprint density at radius 1 is 1.12 bits per heavy atom. The fourth-order valence-electron chi connectivity index (χ4n) is 4.51. The number of hydrogen-bond acceptors (Lipinski definition) is 3. The van der Waals surface area contributed by atoms with E-state index < -0.39 is 6.17 Å². The lowest BCUT2D eigenvalue weighted by molar-refractivity contribution is -0.117. The van der Waals surface area contributed by atoms with Crippen LogP contribution in [-0.4, -0.2) is 56.2 Å². The zero-order chi connectivity index (χ0) is 22.5. The summed E-state index contributed by atoms with van der Waals surface area (Å²) >= 11 is 6.57. The van der Waals surface area contributed by atoms with Crippen molar-refractivity contribution in [1.29, 1.82) is 0 Å². The molecule has 32 heavy (non-hydrogen) atoms. The molecule has 1 fully saturated rings. The molecule has 2 aromatic carbocycles. The van der Waals surface area contributed by atoms with Crippen LogP contribution in [0.15, 0.2) is 48.0 Å². The van der Waals surface area contributed by atoms with Crippen LogP contribution in [0.25, 0.3) is 6.08 Å². The van der Waals surface area contributed by atoms with Gasteiger partial charge in [-0.3, -0.25) is 9.69 Å². The Hall–Kier alpha value is -2.37. The molecule has 1 N–H and O–H groups in total. The van der Waals surface area contributed by atoms with Crippen LogP contribution in [0.4, 0.5) is 10.1 Å². The molecule has 170 valence electrons. The maximum absolute atomic E-state index is 14.6. The number of nitrogens with zero attached hydrogens (tertiary/aromatic N) is 2. The second kappa shape index (κ2) is 10.5. The highest BCUT2D eigenvalue weighted by Gasteiger charge is 2.22. The highest BCUT2D eigenvalue weighted by molar-refractivity contribution is 6.34. The topological polar surface area (TPSA) is 35.6 Å². The molecule has 1 atom stereocenters. The molecule has 1 aliphatic heterocycles. The number of anilines is 1. The first-order valence-electron chi connectivity index (χ1n) is 11.5. The zero-order valence-electron chi connectivity index (χ0n) is 18.6. The van der Waals surface area contributed by atoms with Gasteiger partial charge in [0.25, 0.3) is 0 Å². The number of aryl methyl sites for hydroxylation is 1. The number of amides is 1. The molecule has 0 aromatic heterocycles. The van der Waals surface area contributed by atoms with E-state index in [0.717, 1.165) is 60.0 Å². The van der Waals surface area contributed by atoms with Crippen LogP contribution in [-0.2, 0) is 17.6 Å². The van der Waals surface area contributed by atoms with Crippen molar-refractivity contribution < 1.29 is 9.18 Å². The zero-order valence-corrected chi connectivity index (χ0v) is 19.4. The van der Waals surface area contributed by atoms with E-state index in [1.54, 1.807) is 0 Å². The van der Waals surface area contributed by atoms with Gasteiger partial charge >= 0.3 is 0 Å². The first-order chi connectivity index (χ1) is 15.5. The van der Waals surface area contributed by atoms with E-state index in [1.807, 2.05) is 30.3 Å². The van der Waals surface area contributed by atoms with Gasteiger partial charge in [-0.25, -0.2) is 4.39 Å². The van der Waals surface area contributed by atoms with Crippen LogP contribution in [0.5, 0.6) is 0 Å². The van der Waals surface area contributed by atoms with Gasteiger partial charge in [-0.15, -0.1) is 0 Å². The molecule has 4 nitrogen and oxygen atoms in total. The lowest BCUT2D eigenvalue weighted by Crippen LogP contribution is -2.48. The van der Waals surface area contributed by atoms with E-state index in [9.17, 15) is 9.18 Å². The van der Waals surface area contributed by atoms with E-state index >= 15 is 0 Å². The summed E-state index contributed by atoms with van der Waals surface area (Å²) in [6, 6.07) is 14.2. The summed E-state index contributed by atoms with van der Waals surface area (Å²) < 4.78 is 14.6. The lowest BCUT2D eigenvalue weighted by Gasteiger charge is -2.37. The summed E-state index contributed by atoms with van der Waals surface area (Å²) in [7, 11) is 0. The minimum Gasteiger partial charge on any atom is -0.368 e. The number of benzene rings is 2. The standard InChI is InChI=1S/C26H31ClFN3O/c1-2-19-8-5-9-24(25(19)27)31-14-12-30(13-15-31)18-23(28)10-11-29-26(32)22-16-20-6-3-4-7-21(20)17-22/h3-9,16,23H,2,10-15,17-18H2,1H3,(H,29,32)/t23-/m0/s1. The van der Waals surface area contributed by atoms with Crippen LogP contribution < -0.4 is 10.2 Å². The van der Waals surface area contributed by atoms with Crippen molar-refractivity contribution in [3.05, 3.63) is 69.8 Å². The fraction of sp³-hybridized carbons (Fsp3) is 0.423. The van der Waals surface area contributed by atoms with E-state index in [0.29, 0.717) is 25.9 Å². The predicted octanol–water partition coefficient (Wildman–Crippen LogP) is 4.51. The largest absolute Gasteiger partial charge is 0.368 e. The smallest absolute Gasteiger partial charge is 0.247 e. The number of nitrogens with one attached hydrogen (secondary N) is 1. The van der Waals surface area contributed by atoms with Gasteiger partial charge in [-0.1, -0.05) is 54.9 Å². The molecule has 1 heterocycles. The third-order valence-electron chi connectivity index (χ3n) is 6.41. The quantitative estimate of drug-likeness (QED) is 0.636. The second-order valence-electron chi connectivity index (χ2n) is 8.58. The maximum Gasteiger partial charge on any atom is 0.247 e. The number of piperazine rings is 1. The van der Waals surface area contributed by atoms with Gasteiger partial charge in [-0.05, 0) is 41.7 Å². The number of rotatable bonds is 8. The molecule has 0 bridgehead atoms. The minimum absolute atomic E-state index is 0.0896. The van der Waals surface area contributed by atoms with Gasteiger partial charge < -0.3 is 10.2 Å². The molecule has 1 saturated heterocycles. The minimum atomic E-state index is -0.955. The summed E-state index contributed by atoms with van der Waals surface area (Å²) in [6.07, 6.45) is 2.87. The molecule has 1 amide bonds. The van der Waals surface area contributed by atoms with Gasteiger partial charge in [0, 0.05) is 51.3 Å². The van der Waals surface area contributed by atoms with E-state index in [2.05, 4.69) is 40.2 Å². The van der Waals surface area contributed by atoms with E-state index in [-0.39, 0.29) is 5.91 Å². The SMILES string of the molecule is CCc1cccc(N2CCN(C[C@@H](F)CCNC(=O)C3=Cc4ccccc4C3)CC2)c1Cl. The molecule has 2 aromatic rings. The van der Waals surface area contributed by atoms with Crippen LogP contribution in [0, 0.1) is 0 Å². The molecule has 0 spiro atoms. The van der Waals surface area contributed by atoms with Crippen LogP contribution in [0.1, 0.15) is 30.0 Å². The number of carbonyl (C=O) groups excluding carboxylic acids is 1. The second-order valence-corrected chi connectivity index (χ2v) is 8.96. The Bertz CT molecular complexity index is 985. The maximum atomic E-state index is 14.6. The molecule has 1 aliphatic carbocycles. The first-order valence-corrected chi connectivity index (χ1v) is 11.9. The summed E-state index contributed by atoms with van der Waals surface area (Å²) in [5.74, 6) is -0.0896.